The van der Waals surface area contributed by atoms with Crippen LogP contribution in [0.15, 0.2) is 77.2 Å². The van der Waals surface area contributed by atoms with Crippen LogP contribution in [0.1, 0.15) is 0 Å². The molecule has 0 radical (unpaired) electrons. The molecule has 0 bridgehead atoms. The van der Waals surface area contributed by atoms with E-state index in [1.165, 1.54) is 11.3 Å². The zero-order valence-electron chi connectivity index (χ0n) is 13.0. The lowest BCUT2D eigenvalue weighted by molar-refractivity contribution is 0.595. The highest BCUT2D eigenvalue weighted by molar-refractivity contribution is 7.19. The van der Waals surface area contributed by atoms with Crippen LogP contribution in [0.25, 0.3) is 38.4 Å². The Balaban J connectivity index is 1.56. The third kappa shape index (κ3) is 2.43. The molecule has 0 atom stereocenters. The summed E-state index contributed by atoms with van der Waals surface area (Å²) in [6, 6.07) is 23.8. The van der Waals surface area contributed by atoms with Crippen LogP contribution < -0.4 is 0 Å². The molecule has 0 aliphatic rings. The first-order valence-electron chi connectivity index (χ1n) is 7.82. The third-order valence-corrected chi connectivity index (χ3v) is 4.81. The Morgan fingerprint density at radius 2 is 1.40 bits per heavy atom. The molecule has 5 rings (SSSR count). The summed E-state index contributed by atoms with van der Waals surface area (Å²) in [5, 5.41) is 13.9. The van der Waals surface area contributed by atoms with E-state index >= 15 is 0 Å². The fourth-order valence-electron chi connectivity index (χ4n) is 2.69. The summed E-state index contributed by atoms with van der Waals surface area (Å²) in [6.07, 6.45) is 0. The molecule has 0 amide bonds. The molecular weight excluding hydrogens is 332 g/mol. The van der Waals surface area contributed by atoms with Crippen LogP contribution in [0.3, 0.4) is 0 Å². The maximum Gasteiger partial charge on any atom is 0.235 e. The van der Waals surface area contributed by atoms with E-state index in [9.17, 15) is 0 Å². The minimum absolute atomic E-state index is 0.730. The van der Waals surface area contributed by atoms with E-state index in [1.807, 2.05) is 72.8 Å². The van der Waals surface area contributed by atoms with Gasteiger partial charge in [0.1, 0.15) is 5.76 Å². The molecule has 120 valence electrons. The summed E-state index contributed by atoms with van der Waals surface area (Å²) < 4.78 is 7.75. The fraction of sp³-hybridized carbons (Fsp3) is 0. The van der Waals surface area contributed by atoms with Crippen molar-refractivity contribution in [1.82, 2.24) is 19.8 Å². The minimum atomic E-state index is 0.730. The van der Waals surface area contributed by atoms with Crippen molar-refractivity contribution < 1.29 is 4.42 Å². The van der Waals surface area contributed by atoms with Crippen LogP contribution in [0.2, 0.25) is 0 Å². The monoisotopic (exact) mass is 344 g/mol. The van der Waals surface area contributed by atoms with Gasteiger partial charge < -0.3 is 4.42 Å². The standard InChI is InChI=1S/C19H12N4OS/c1-3-7-13(8-4-1)15-11-12-16(24-15)18-22-23-17(20-21-19(23)25-18)14-9-5-2-6-10-14/h1-12H. The van der Waals surface area contributed by atoms with Crippen molar-refractivity contribution in [3.05, 3.63) is 72.8 Å². The Kier molecular flexibility index (Phi) is 3.21. The van der Waals surface area contributed by atoms with Gasteiger partial charge in [0.25, 0.3) is 0 Å². The SMILES string of the molecule is c1ccc(-c2ccc(-c3nn4c(-c5ccccc5)nnc4s3)o2)cc1. The normalized spacial score (nSPS) is 11.2. The van der Waals surface area contributed by atoms with Crippen LogP contribution in [0.5, 0.6) is 0 Å². The summed E-state index contributed by atoms with van der Waals surface area (Å²) in [4.78, 5) is 0.742. The number of hydrogen-bond donors (Lipinski definition) is 0. The number of benzene rings is 2. The lowest BCUT2D eigenvalue weighted by Gasteiger charge is -1.96. The second kappa shape index (κ2) is 5.68. The first-order chi connectivity index (χ1) is 12.4. The summed E-state index contributed by atoms with van der Waals surface area (Å²) >= 11 is 1.46. The molecule has 0 saturated carbocycles. The number of fused-ring (bicyclic) bond motifs is 1. The van der Waals surface area contributed by atoms with Crippen molar-refractivity contribution in [2.24, 2.45) is 0 Å². The Bertz CT molecular complexity index is 1140. The van der Waals surface area contributed by atoms with E-state index < -0.39 is 0 Å². The van der Waals surface area contributed by atoms with Crippen LogP contribution in [-0.4, -0.2) is 19.8 Å². The molecular formula is C19H12N4OS. The second-order valence-electron chi connectivity index (χ2n) is 5.52. The maximum absolute atomic E-state index is 5.99. The van der Waals surface area contributed by atoms with Gasteiger partial charge in [-0.25, -0.2) is 0 Å². The molecule has 0 fully saturated rings. The highest BCUT2D eigenvalue weighted by atomic mass is 32.1. The van der Waals surface area contributed by atoms with Gasteiger partial charge in [-0.15, -0.1) is 15.3 Å². The van der Waals surface area contributed by atoms with Gasteiger partial charge in [-0.1, -0.05) is 72.0 Å². The van der Waals surface area contributed by atoms with Gasteiger partial charge >= 0.3 is 0 Å². The number of furan rings is 1. The fourth-order valence-corrected chi connectivity index (χ4v) is 3.50. The van der Waals surface area contributed by atoms with Crippen molar-refractivity contribution in [2.45, 2.75) is 0 Å². The molecule has 5 nitrogen and oxygen atoms in total. The van der Waals surface area contributed by atoms with Gasteiger partial charge in [0.15, 0.2) is 16.6 Å². The average molecular weight is 344 g/mol. The second-order valence-corrected chi connectivity index (χ2v) is 6.48. The molecule has 0 N–H and O–H groups in total. The Hall–Kier alpha value is -3.25. The molecule has 0 aliphatic carbocycles. The van der Waals surface area contributed by atoms with Crippen LogP contribution >= 0.6 is 11.3 Å². The third-order valence-electron chi connectivity index (χ3n) is 3.90. The molecule has 3 heterocycles. The van der Waals surface area contributed by atoms with Gasteiger partial charge in [-0.2, -0.15) is 4.52 Å². The van der Waals surface area contributed by atoms with Crippen LogP contribution in [0.4, 0.5) is 0 Å². The summed E-state index contributed by atoms with van der Waals surface area (Å²) in [6.45, 7) is 0. The van der Waals surface area contributed by atoms with E-state index in [-0.39, 0.29) is 0 Å². The minimum Gasteiger partial charge on any atom is -0.454 e. The largest absolute Gasteiger partial charge is 0.454 e. The van der Waals surface area contributed by atoms with Gasteiger partial charge in [-0.05, 0) is 12.1 Å². The molecule has 5 aromatic rings. The molecule has 0 spiro atoms. The van der Waals surface area contributed by atoms with E-state index in [1.54, 1.807) is 4.52 Å². The predicted octanol–water partition coefficient (Wildman–Crippen LogP) is 4.78. The van der Waals surface area contributed by atoms with Gasteiger partial charge in [0.05, 0.1) is 0 Å². The van der Waals surface area contributed by atoms with Crippen molar-refractivity contribution in [3.63, 3.8) is 0 Å². The van der Waals surface area contributed by atoms with Gasteiger partial charge in [0.2, 0.25) is 4.96 Å². The summed E-state index contributed by atoms with van der Waals surface area (Å²) in [5.41, 5.74) is 2.03. The predicted molar refractivity (Wildman–Crippen MR) is 97.2 cm³/mol. The zero-order valence-corrected chi connectivity index (χ0v) is 13.9. The van der Waals surface area contributed by atoms with E-state index in [0.29, 0.717) is 0 Å². The molecule has 6 heteroatoms. The van der Waals surface area contributed by atoms with Crippen molar-refractivity contribution in [1.29, 1.82) is 0 Å². The molecule has 3 aromatic heterocycles. The Morgan fingerprint density at radius 3 is 2.16 bits per heavy atom. The summed E-state index contributed by atoms with van der Waals surface area (Å²) in [7, 11) is 0. The molecule has 25 heavy (non-hydrogen) atoms. The number of aromatic nitrogens is 4. The smallest absolute Gasteiger partial charge is 0.235 e. The first kappa shape index (κ1) is 14.1. The molecule has 0 saturated heterocycles. The lowest BCUT2D eigenvalue weighted by atomic mass is 10.2. The number of hydrogen-bond acceptors (Lipinski definition) is 5. The van der Waals surface area contributed by atoms with E-state index in [4.69, 9.17) is 4.42 Å². The van der Waals surface area contributed by atoms with Crippen molar-refractivity contribution >= 4 is 16.3 Å². The highest BCUT2D eigenvalue weighted by Crippen LogP contribution is 2.32. The van der Waals surface area contributed by atoms with E-state index in [0.717, 1.165) is 38.4 Å². The molecule has 0 aliphatic heterocycles. The number of rotatable bonds is 3. The average Bonchev–Trinajstić information content (AvgIpc) is 3.38. The highest BCUT2D eigenvalue weighted by Gasteiger charge is 2.16. The van der Waals surface area contributed by atoms with Crippen molar-refractivity contribution in [3.8, 4) is 33.5 Å². The van der Waals surface area contributed by atoms with Gasteiger partial charge in [-0.3, -0.25) is 0 Å². The molecule has 0 unspecified atom stereocenters. The van der Waals surface area contributed by atoms with E-state index in [2.05, 4.69) is 15.3 Å². The topological polar surface area (TPSA) is 56.2 Å². The van der Waals surface area contributed by atoms with Crippen LogP contribution in [0, 0.1) is 0 Å². The first-order valence-corrected chi connectivity index (χ1v) is 8.63. The van der Waals surface area contributed by atoms with Crippen LogP contribution in [-0.2, 0) is 0 Å². The Morgan fingerprint density at radius 1 is 0.720 bits per heavy atom. The maximum atomic E-state index is 5.99. The summed E-state index contributed by atoms with van der Waals surface area (Å²) in [5.74, 6) is 2.28. The lowest BCUT2D eigenvalue weighted by Crippen LogP contribution is -1.90. The number of nitrogens with zero attached hydrogens (tertiary/aromatic N) is 4. The zero-order chi connectivity index (χ0) is 16.6. The quantitative estimate of drug-likeness (QED) is 0.473. The molecule has 2 aromatic carbocycles. The Labute approximate surface area is 147 Å². The van der Waals surface area contributed by atoms with Crippen molar-refractivity contribution in [2.75, 3.05) is 0 Å². The van der Waals surface area contributed by atoms with Gasteiger partial charge in [0, 0.05) is 11.1 Å².